The van der Waals surface area contributed by atoms with E-state index in [4.69, 9.17) is 0 Å². The molecule has 0 atom stereocenters. The van der Waals surface area contributed by atoms with Crippen LogP contribution in [-0.4, -0.2) is 19.1 Å². The van der Waals surface area contributed by atoms with E-state index >= 15 is 0 Å². The van der Waals surface area contributed by atoms with Crippen molar-refractivity contribution < 1.29 is 0 Å². The van der Waals surface area contributed by atoms with Crippen LogP contribution in [0.15, 0.2) is 38.3 Å². The van der Waals surface area contributed by atoms with Crippen molar-refractivity contribution in [3.8, 4) is 0 Å². The maximum Gasteiger partial charge on any atom is 0.332 e. The van der Waals surface area contributed by atoms with E-state index < -0.39 is 0 Å². The second-order valence-electron chi connectivity index (χ2n) is 4.86. The van der Waals surface area contributed by atoms with Crippen LogP contribution in [0.1, 0.15) is 11.4 Å². The Labute approximate surface area is 128 Å². The summed E-state index contributed by atoms with van der Waals surface area (Å²) in [6, 6.07) is 7.81. The Balaban J connectivity index is 2.17. The third kappa shape index (κ3) is 2.23. The van der Waals surface area contributed by atoms with Gasteiger partial charge in [0, 0.05) is 25.0 Å². The number of hydrogen-bond acceptors (Lipinski definition) is 3. The normalized spacial score (nSPS) is 11.2. The van der Waals surface area contributed by atoms with Crippen molar-refractivity contribution in [3.05, 3.63) is 61.0 Å². The van der Waals surface area contributed by atoms with Crippen molar-refractivity contribution in [1.29, 1.82) is 0 Å². The number of nitrogens with one attached hydrogen (secondary N) is 1. The molecule has 108 valence electrons. The summed E-state index contributed by atoms with van der Waals surface area (Å²) in [5, 5.41) is 0. The summed E-state index contributed by atoms with van der Waals surface area (Å²) in [6.07, 6.45) is 0.549. The minimum atomic E-state index is -0.383. The summed E-state index contributed by atoms with van der Waals surface area (Å²) in [7, 11) is 3.06. The highest BCUT2D eigenvalue weighted by atomic mass is 79.9. The van der Waals surface area contributed by atoms with Gasteiger partial charge in [-0.15, -0.1) is 0 Å². The average Bonchev–Trinajstić information content (AvgIpc) is 2.89. The van der Waals surface area contributed by atoms with Crippen molar-refractivity contribution in [3.63, 3.8) is 0 Å². The van der Waals surface area contributed by atoms with Gasteiger partial charge in [0.05, 0.1) is 0 Å². The number of fused-ring (bicyclic) bond motifs is 1. The zero-order valence-corrected chi connectivity index (χ0v) is 13.1. The highest BCUT2D eigenvalue weighted by Crippen LogP contribution is 2.19. The summed E-state index contributed by atoms with van der Waals surface area (Å²) >= 11 is 3.49. The Morgan fingerprint density at radius 1 is 1.19 bits per heavy atom. The number of aryl methyl sites for hydroxylation is 1. The van der Waals surface area contributed by atoms with E-state index in [-0.39, 0.29) is 11.2 Å². The van der Waals surface area contributed by atoms with Crippen molar-refractivity contribution >= 4 is 27.1 Å². The van der Waals surface area contributed by atoms with Gasteiger partial charge in [0.15, 0.2) is 5.65 Å². The fraction of sp³-hybridized carbons (Fsp3) is 0.214. The molecule has 1 aromatic carbocycles. The van der Waals surface area contributed by atoms with Gasteiger partial charge in [-0.05, 0) is 11.6 Å². The standard InChI is InChI=1S/C14H13BrN4O2/c1-18-12-11(13(20)19(2)14(18)21)16-10(17-12)7-8-5-3-4-6-9(8)15/h3-6H,7H2,1-2H3,(H,16,17). The predicted octanol–water partition coefficient (Wildman–Crippen LogP) is 1.31. The molecular weight excluding hydrogens is 336 g/mol. The SMILES string of the molecule is Cn1c(=O)c2[nH]c(Cc3ccccc3Br)nc2n(C)c1=O. The van der Waals surface area contributed by atoms with E-state index in [1.54, 1.807) is 7.05 Å². The lowest BCUT2D eigenvalue weighted by molar-refractivity contribution is 0.708. The van der Waals surface area contributed by atoms with Crippen molar-refractivity contribution in [2.75, 3.05) is 0 Å². The Bertz CT molecular complexity index is 952. The van der Waals surface area contributed by atoms with Crippen LogP contribution in [0.25, 0.3) is 11.2 Å². The Morgan fingerprint density at radius 2 is 1.90 bits per heavy atom. The molecule has 3 rings (SSSR count). The number of imidazole rings is 1. The van der Waals surface area contributed by atoms with Crippen LogP contribution in [0.4, 0.5) is 0 Å². The largest absolute Gasteiger partial charge is 0.336 e. The van der Waals surface area contributed by atoms with E-state index in [2.05, 4.69) is 25.9 Å². The van der Waals surface area contributed by atoms with Crippen LogP contribution in [0, 0.1) is 0 Å². The molecule has 0 spiro atoms. The average molecular weight is 349 g/mol. The van der Waals surface area contributed by atoms with Crippen LogP contribution in [-0.2, 0) is 20.5 Å². The molecule has 2 heterocycles. The van der Waals surface area contributed by atoms with Crippen molar-refractivity contribution in [2.45, 2.75) is 6.42 Å². The smallest absolute Gasteiger partial charge is 0.332 e. The highest BCUT2D eigenvalue weighted by molar-refractivity contribution is 9.10. The van der Waals surface area contributed by atoms with E-state index in [9.17, 15) is 9.59 Å². The van der Waals surface area contributed by atoms with Gasteiger partial charge in [0.1, 0.15) is 11.3 Å². The van der Waals surface area contributed by atoms with E-state index in [0.29, 0.717) is 23.4 Å². The molecule has 0 unspecified atom stereocenters. The van der Waals surface area contributed by atoms with Gasteiger partial charge in [-0.1, -0.05) is 34.1 Å². The van der Waals surface area contributed by atoms with E-state index in [1.165, 1.54) is 11.6 Å². The lowest BCUT2D eigenvalue weighted by Gasteiger charge is -2.01. The lowest BCUT2D eigenvalue weighted by Crippen LogP contribution is -2.36. The van der Waals surface area contributed by atoms with Crippen molar-refractivity contribution in [1.82, 2.24) is 19.1 Å². The second kappa shape index (κ2) is 5.00. The number of H-pyrrole nitrogens is 1. The monoisotopic (exact) mass is 348 g/mol. The van der Waals surface area contributed by atoms with Gasteiger partial charge in [-0.2, -0.15) is 0 Å². The zero-order chi connectivity index (χ0) is 15.1. The summed E-state index contributed by atoms with van der Waals surface area (Å²) in [6.45, 7) is 0. The van der Waals surface area contributed by atoms with Gasteiger partial charge < -0.3 is 4.98 Å². The van der Waals surface area contributed by atoms with Crippen LogP contribution < -0.4 is 11.2 Å². The molecule has 7 heteroatoms. The molecular formula is C14H13BrN4O2. The van der Waals surface area contributed by atoms with E-state index in [0.717, 1.165) is 14.6 Å². The van der Waals surface area contributed by atoms with Crippen LogP contribution in [0.3, 0.4) is 0 Å². The van der Waals surface area contributed by atoms with Crippen LogP contribution >= 0.6 is 15.9 Å². The molecule has 0 fully saturated rings. The second-order valence-corrected chi connectivity index (χ2v) is 5.71. The van der Waals surface area contributed by atoms with Gasteiger partial charge in [-0.25, -0.2) is 9.78 Å². The highest BCUT2D eigenvalue weighted by Gasteiger charge is 2.14. The molecule has 1 N–H and O–H groups in total. The molecule has 0 aliphatic rings. The Morgan fingerprint density at radius 3 is 2.62 bits per heavy atom. The Kier molecular flexibility index (Phi) is 3.29. The molecule has 0 bridgehead atoms. The first-order valence-electron chi connectivity index (χ1n) is 6.37. The number of benzene rings is 1. The maximum absolute atomic E-state index is 12.1. The van der Waals surface area contributed by atoms with Gasteiger partial charge in [-0.3, -0.25) is 13.9 Å². The van der Waals surface area contributed by atoms with Crippen LogP contribution in [0.5, 0.6) is 0 Å². The molecule has 3 aromatic rings. The predicted molar refractivity (Wildman–Crippen MR) is 83.5 cm³/mol. The molecule has 2 aromatic heterocycles. The first-order chi connectivity index (χ1) is 9.99. The molecule has 0 radical (unpaired) electrons. The van der Waals surface area contributed by atoms with Gasteiger partial charge >= 0.3 is 5.69 Å². The van der Waals surface area contributed by atoms with Gasteiger partial charge in [0.2, 0.25) is 0 Å². The molecule has 0 saturated heterocycles. The number of rotatable bonds is 2. The Hall–Kier alpha value is -2.15. The third-order valence-corrected chi connectivity index (χ3v) is 4.23. The fourth-order valence-corrected chi connectivity index (χ4v) is 2.70. The first kappa shape index (κ1) is 13.8. The maximum atomic E-state index is 12.1. The lowest BCUT2D eigenvalue weighted by atomic mass is 10.1. The van der Waals surface area contributed by atoms with Gasteiger partial charge in [0.25, 0.3) is 5.56 Å². The molecule has 0 aliphatic carbocycles. The molecule has 0 saturated carbocycles. The van der Waals surface area contributed by atoms with Crippen LogP contribution in [0.2, 0.25) is 0 Å². The number of aromatic amines is 1. The first-order valence-corrected chi connectivity index (χ1v) is 7.16. The van der Waals surface area contributed by atoms with E-state index in [1.807, 2.05) is 24.3 Å². The minimum absolute atomic E-state index is 0.349. The molecule has 6 nitrogen and oxygen atoms in total. The summed E-state index contributed by atoms with van der Waals surface area (Å²) in [5.41, 5.74) is 1.04. The zero-order valence-electron chi connectivity index (χ0n) is 11.6. The quantitative estimate of drug-likeness (QED) is 0.758. The fourth-order valence-electron chi connectivity index (χ4n) is 2.28. The number of hydrogen-bond donors (Lipinski definition) is 1. The number of nitrogens with zero attached hydrogens (tertiary/aromatic N) is 3. The molecule has 21 heavy (non-hydrogen) atoms. The minimum Gasteiger partial charge on any atom is -0.336 e. The topological polar surface area (TPSA) is 72.7 Å². The number of aromatic nitrogens is 4. The van der Waals surface area contributed by atoms with Crippen molar-refractivity contribution in [2.24, 2.45) is 14.1 Å². The third-order valence-electron chi connectivity index (χ3n) is 3.46. The summed E-state index contributed by atoms with van der Waals surface area (Å²) in [5.74, 6) is 0.648. The molecule has 0 amide bonds. The molecule has 0 aliphatic heterocycles. The summed E-state index contributed by atoms with van der Waals surface area (Å²) < 4.78 is 3.42. The number of halogens is 1. The summed E-state index contributed by atoms with van der Waals surface area (Å²) in [4.78, 5) is 31.4.